The van der Waals surface area contributed by atoms with Crippen molar-refractivity contribution in [1.82, 2.24) is 9.55 Å². The van der Waals surface area contributed by atoms with Gasteiger partial charge in [0.2, 0.25) is 5.95 Å². The molecule has 1 fully saturated rings. The molecule has 0 bridgehead atoms. The Kier molecular flexibility index (Phi) is 3.86. The van der Waals surface area contributed by atoms with Gasteiger partial charge in [0.25, 0.3) is 0 Å². The maximum Gasteiger partial charge on any atom is 0.202 e. The zero-order chi connectivity index (χ0) is 11.4. The van der Waals surface area contributed by atoms with Crippen LogP contribution in [-0.4, -0.2) is 16.6 Å². The minimum absolute atomic E-state index is 0.946. The van der Waals surface area contributed by atoms with Crippen LogP contribution < -0.4 is 5.32 Å². The summed E-state index contributed by atoms with van der Waals surface area (Å²) in [4.78, 5) is 4.44. The van der Waals surface area contributed by atoms with Gasteiger partial charge in [0.15, 0.2) is 0 Å². The summed E-state index contributed by atoms with van der Waals surface area (Å²) in [6.45, 7) is 3.17. The zero-order valence-electron chi connectivity index (χ0n) is 10.5. The zero-order valence-corrected chi connectivity index (χ0v) is 10.5. The van der Waals surface area contributed by atoms with E-state index in [1.54, 1.807) is 0 Å². The van der Waals surface area contributed by atoms with Crippen LogP contribution in [0.15, 0.2) is 6.20 Å². The number of hydrogen-bond donors (Lipinski definition) is 1. The summed E-state index contributed by atoms with van der Waals surface area (Å²) in [7, 11) is 1.94. The third kappa shape index (κ3) is 2.77. The molecule has 1 aromatic heterocycles. The van der Waals surface area contributed by atoms with E-state index in [0.717, 1.165) is 24.1 Å². The highest BCUT2D eigenvalue weighted by atomic mass is 15.2. The molecule has 0 unspecified atom stereocenters. The van der Waals surface area contributed by atoms with Gasteiger partial charge in [-0.05, 0) is 19.3 Å². The van der Waals surface area contributed by atoms with Crippen LogP contribution in [0.2, 0.25) is 0 Å². The van der Waals surface area contributed by atoms with Crippen LogP contribution in [0.5, 0.6) is 0 Å². The third-order valence-corrected chi connectivity index (χ3v) is 3.62. The van der Waals surface area contributed by atoms with Gasteiger partial charge in [-0.15, -0.1) is 0 Å². The molecule has 1 saturated carbocycles. The number of aryl methyl sites for hydroxylation is 2. The van der Waals surface area contributed by atoms with E-state index in [0.29, 0.717) is 0 Å². The fraction of sp³-hybridized carbons (Fsp3) is 0.769. The van der Waals surface area contributed by atoms with Crippen molar-refractivity contribution in [2.45, 2.75) is 52.0 Å². The number of aromatic nitrogens is 2. The number of hydrogen-bond acceptors (Lipinski definition) is 2. The molecule has 0 aliphatic heterocycles. The highest BCUT2D eigenvalue weighted by Gasteiger charge is 2.14. The fourth-order valence-electron chi connectivity index (χ4n) is 2.71. The van der Waals surface area contributed by atoms with Crippen molar-refractivity contribution >= 4 is 5.95 Å². The Morgan fingerprint density at radius 3 is 2.81 bits per heavy atom. The smallest absolute Gasteiger partial charge is 0.202 e. The summed E-state index contributed by atoms with van der Waals surface area (Å²) >= 11 is 0. The molecule has 0 radical (unpaired) electrons. The Labute approximate surface area is 98.3 Å². The highest BCUT2D eigenvalue weighted by molar-refractivity contribution is 5.27. The summed E-state index contributed by atoms with van der Waals surface area (Å²) in [5.74, 6) is 1.95. The van der Waals surface area contributed by atoms with Crippen molar-refractivity contribution in [3.05, 3.63) is 11.9 Å². The van der Waals surface area contributed by atoms with Gasteiger partial charge in [0.1, 0.15) is 0 Å². The predicted molar refractivity (Wildman–Crippen MR) is 67.7 cm³/mol. The van der Waals surface area contributed by atoms with E-state index in [9.17, 15) is 0 Å². The average molecular weight is 221 g/mol. The largest absolute Gasteiger partial charge is 0.359 e. The summed E-state index contributed by atoms with van der Waals surface area (Å²) in [5, 5.41) is 3.16. The van der Waals surface area contributed by atoms with Crippen LogP contribution in [0.4, 0.5) is 5.95 Å². The molecule has 16 heavy (non-hydrogen) atoms. The standard InChI is InChI=1S/C13H23N3/c1-11-10-16(13(14-2)15-11)9-8-12-6-4-3-5-7-12/h10,12H,3-9H2,1-2H3,(H,14,15). The molecule has 1 aromatic rings. The van der Waals surface area contributed by atoms with Crippen LogP contribution in [0, 0.1) is 12.8 Å². The molecule has 0 atom stereocenters. The molecule has 3 heteroatoms. The van der Waals surface area contributed by atoms with E-state index in [2.05, 4.69) is 28.0 Å². The molecule has 90 valence electrons. The van der Waals surface area contributed by atoms with E-state index in [1.807, 2.05) is 7.05 Å². The minimum Gasteiger partial charge on any atom is -0.359 e. The second kappa shape index (κ2) is 5.37. The van der Waals surface area contributed by atoms with Gasteiger partial charge >= 0.3 is 0 Å². The van der Waals surface area contributed by atoms with Crippen LogP contribution in [0.25, 0.3) is 0 Å². The van der Waals surface area contributed by atoms with Crippen LogP contribution in [0.1, 0.15) is 44.2 Å². The van der Waals surface area contributed by atoms with Crippen LogP contribution in [-0.2, 0) is 6.54 Å². The molecule has 1 aliphatic carbocycles. The topological polar surface area (TPSA) is 29.9 Å². The maximum atomic E-state index is 4.44. The lowest BCUT2D eigenvalue weighted by molar-refractivity contribution is 0.324. The van der Waals surface area contributed by atoms with Crippen LogP contribution in [0.3, 0.4) is 0 Å². The third-order valence-electron chi connectivity index (χ3n) is 3.62. The molecule has 0 spiro atoms. The van der Waals surface area contributed by atoms with Crippen molar-refractivity contribution in [2.24, 2.45) is 5.92 Å². The Hall–Kier alpha value is -0.990. The summed E-state index contributed by atoms with van der Waals surface area (Å²) in [6.07, 6.45) is 10.6. The van der Waals surface area contributed by atoms with E-state index >= 15 is 0 Å². The van der Waals surface area contributed by atoms with Gasteiger partial charge in [0.05, 0.1) is 5.69 Å². The van der Waals surface area contributed by atoms with E-state index in [-0.39, 0.29) is 0 Å². The molecular formula is C13H23N3. The Morgan fingerprint density at radius 2 is 2.12 bits per heavy atom. The van der Waals surface area contributed by atoms with E-state index in [4.69, 9.17) is 0 Å². The number of anilines is 1. The summed E-state index contributed by atoms with van der Waals surface area (Å²) < 4.78 is 2.25. The molecule has 1 aliphatic rings. The maximum absolute atomic E-state index is 4.44. The lowest BCUT2D eigenvalue weighted by Crippen LogP contribution is -2.11. The average Bonchev–Trinajstić information content (AvgIpc) is 2.68. The predicted octanol–water partition coefficient (Wildman–Crippen LogP) is 3.20. The van der Waals surface area contributed by atoms with Crippen LogP contribution >= 0.6 is 0 Å². The summed E-state index contributed by atoms with van der Waals surface area (Å²) in [6, 6.07) is 0. The Bertz CT molecular complexity index is 324. The minimum atomic E-state index is 0.946. The van der Waals surface area contributed by atoms with E-state index in [1.165, 1.54) is 38.5 Å². The molecule has 0 saturated heterocycles. The molecular weight excluding hydrogens is 198 g/mol. The molecule has 3 nitrogen and oxygen atoms in total. The first-order valence-electron chi connectivity index (χ1n) is 6.51. The van der Waals surface area contributed by atoms with Gasteiger partial charge in [0, 0.05) is 19.8 Å². The fourth-order valence-corrected chi connectivity index (χ4v) is 2.71. The van der Waals surface area contributed by atoms with Gasteiger partial charge in [-0.25, -0.2) is 4.98 Å². The van der Waals surface area contributed by atoms with Gasteiger partial charge < -0.3 is 9.88 Å². The first-order valence-corrected chi connectivity index (χ1v) is 6.51. The van der Waals surface area contributed by atoms with Crippen molar-refractivity contribution in [2.75, 3.05) is 12.4 Å². The van der Waals surface area contributed by atoms with Gasteiger partial charge in [-0.2, -0.15) is 0 Å². The first kappa shape index (κ1) is 11.5. The van der Waals surface area contributed by atoms with Crippen molar-refractivity contribution in [1.29, 1.82) is 0 Å². The number of rotatable bonds is 4. The number of nitrogens with one attached hydrogen (secondary N) is 1. The van der Waals surface area contributed by atoms with Crippen molar-refractivity contribution in [3.8, 4) is 0 Å². The lowest BCUT2D eigenvalue weighted by atomic mass is 9.87. The molecule has 1 N–H and O–H groups in total. The second-order valence-corrected chi connectivity index (χ2v) is 4.94. The lowest BCUT2D eigenvalue weighted by Gasteiger charge is -2.21. The number of imidazole rings is 1. The Balaban J connectivity index is 1.87. The number of nitrogens with zero attached hydrogens (tertiary/aromatic N) is 2. The Morgan fingerprint density at radius 1 is 1.38 bits per heavy atom. The molecule has 1 heterocycles. The summed E-state index contributed by atoms with van der Waals surface area (Å²) in [5.41, 5.74) is 1.10. The highest BCUT2D eigenvalue weighted by Crippen LogP contribution is 2.27. The first-order chi connectivity index (χ1) is 7.79. The quantitative estimate of drug-likeness (QED) is 0.846. The second-order valence-electron chi connectivity index (χ2n) is 4.94. The molecule has 2 rings (SSSR count). The molecule has 0 amide bonds. The van der Waals surface area contributed by atoms with Gasteiger partial charge in [-0.1, -0.05) is 32.1 Å². The van der Waals surface area contributed by atoms with Gasteiger partial charge in [-0.3, -0.25) is 0 Å². The molecule has 0 aromatic carbocycles. The normalized spacial score (nSPS) is 17.6. The monoisotopic (exact) mass is 221 g/mol. The van der Waals surface area contributed by atoms with E-state index < -0.39 is 0 Å². The van der Waals surface area contributed by atoms with Crippen molar-refractivity contribution < 1.29 is 0 Å². The SMILES string of the molecule is CNc1nc(C)cn1CCC1CCCCC1. The van der Waals surface area contributed by atoms with Crippen molar-refractivity contribution in [3.63, 3.8) is 0 Å².